The first-order valence-electron chi connectivity index (χ1n) is 8.51. The minimum absolute atomic E-state index is 0.130. The number of nitrogens with zero attached hydrogens (tertiary/aromatic N) is 1. The van der Waals surface area contributed by atoms with Crippen molar-refractivity contribution in [2.24, 2.45) is 0 Å². The lowest BCUT2D eigenvalue weighted by molar-refractivity contribution is -0.120. The minimum Gasteiger partial charge on any atom is -0.356 e. The molecule has 27 heavy (non-hydrogen) atoms. The maximum absolute atomic E-state index is 13.9. The number of benzene rings is 2. The Kier molecular flexibility index (Phi) is 7.29. The van der Waals surface area contributed by atoms with E-state index in [4.69, 9.17) is 0 Å². The Morgan fingerprint density at radius 3 is 2.44 bits per heavy atom. The van der Waals surface area contributed by atoms with Crippen molar-refractivity contribution in [1.29, 1.82) is 0 Å². The average molecular weight is 396 g/mol. The summed E-state index contributed by atoms with van der Waals surface area (Å²) in [6.45, 7) is 0.226. The predicted molar refractivity (Wildman–Crippen MR) is 101 cm³/mol. The molecule has 1 N–H and O–H groups in total. The zero-order chi connectivity index (χ0) is 19.9. The number of anilines is 1. The molecule has 0 aliphatic rings. The van der Waals surface area contributed by atoms with Gasteiger partial charge in [0.2, 0.25) is 15.9 Å². The molecule has 0 aliphatic carbocycles. The molecule has 2 aromatic carbocycles. The molecule has 0 saturated carbocycles. The second kappa shape index (κ2) is 9.45. The number of aryl methyl sites for hydroxylation is 1. The van der Waals surface area contributed by atoms with Crippen molar-refractivity contribution in [1.82, 2.24) is 5.32 Å². The highest BCUT2D eigenvalue weighted by Crippen LogP contribution is 2.22. The van der Waals surface area contributed by atoms with Gasteiger partial charge in [0.25, 0.3) is 0 Å². The van der Waals surface area contributed by atoms with Crippen LogP contribution in [0.3, 0.4) is 0 Å². The lowest BCUT2D eigenvalue weighted by Gasteiger charge is -2.22. The van der Waals surface area contributed by atoms with Crippen LogP contribution in [0.5, 0.6) is 0 Å². The highest BCUT2D eigenvalue weighted by Gasteiger charge is 2.22. The van der Waals surface area contributed by atoms with Gasteiger partial charge < -0.3 is 5.32 Å². The Hall–Kier alpha value is -2.48. The molecule has 0 spiro atoms. The summed E-state index contributed by atoms with van der Waals surface area (Å²) >= 11 is 0. The first-order valence-corrected chi connectivity index (χ1v) is 10.4. The Morgan fingerprint density at radius 1 is 1.11 bits per heavy atom. The van der Waals surface area contributed by atoms with Gasteiger partial charge in [0, 0.05) is 25.6 Å². The summed E-state index contributed by atoms with van der Waals surface area (Å²) in [6, 6.07) is 12.5. The van der Waals surface area contributed by atoms with Crippen LogP contribution in [0.1, 0.15) is 18.4 Å². The molecule has 0 saturated heterocycles. The number of hydrogen-bond donors (Lipinski definition) is 1. The molecular weight excluding hydrogens is 374 g/mol. The van der Waals surface area contributed by atoms with Gasteiger partial charge in [-0.05, 0) is 30.5 Å². The molecule has 1 amide bonds. The van der Waals surface area contributed by atoms with E-state index in [1.54, 1.807) is 0 Å². The fraction of sp³-hybridized carbons (Fsp3) is 0.316. The maximum atomic E-state index is 13.9. The van der Waals surface area contributed by atoms with Gasteiger partial charge in [-0.2, -0.15) is 0 Å². The van der Waals surface area contributed by atoms with Crippen LogP contribution >= 0.6 is 0 Å². The van der Waals surface area contributed by atoms with E-state index in [-0.39, 0.29) is 24.6 Å². The molecule has 0 heterocycles. The van der Waals surface area contributed by atoms with Crippen molar-refractivity contribution < 1.29 is 22.0 Å². The van der Waals surface area contributed by atoms with E-state index in [2.05, 4.69) is 5.32 Å². The summed E-state index contributed by atoms with van der Waals surface area (Å²) in [5.41, 5.74) is 0.887. The van der Waals surface area contributed by atoms with Gasteiger partial charge in [-0.25, -0.2) is 17.2 Å². The van der Waals surface area contributed by atoms with Crippen LogP contribution in [0.2, 0.25) is 0 Å². The number of nitrogens with one attached hydrogen (secondary N) is 1. The Balaban J connectivity index is 1.86. The predicted octanol–water partition coefficient (Wildman–Crippen LogP) is 2.87. The lowest BCUT2D eigenvalue weighted by atomic mass is 10.1. The smallest absolute Gasteiger partial charge is 0.232 e. The largest absolute Gasteiger partial charge is 0.356 e. The molecule has 2 rings (SSSR count). The van der Waals surface area contributed by atoms with Crippen LogP contribution < -0.4 is 9.62 Å². The van der Waals surface area contributed by atoms with E-state index in [9.17, 15) is 22.0 Å². The first kappa shape index (κ1) is 20.8. The van der Waals surface area contributed by atoms with Gasteiger partial charge in [0.15, 0.2) is 0 Å². The zero-order valence-electron chi connectivity index (χ0n) is 15.0. The van der Waals surface area contributed by atoms with Gasteiger partial charge in [0.1, 0.15) is 11.6 Å². The summed E-state index contributed by atoms with van der Waals surface area (Å²) in [5.74, 6) is -2.14. The Bertz CT molecular complexity index is 874. The highest BCUT2D eigenvalue weighted by atomic mass is 32.2. The number of hydrogen-bond acceptors (Lipinski definition) is 3. The van der Waals surface area contributed by atoms with E-state index < -0.39 is 21.7 Å². The number of sulfonamides is 1. The van der Waals surface area contributed by atoms with Gasteiger partial charge >= 0.3 is 0 Å². The van der Waals surface area contributed by atoms with E-state index in [1.807, 2.05) is 30.3 Å². The van der Waals surface area contributed by atoms with Crippen molar-refractivity contribution >= 4 is 21.6 Å². The quantitative estimate of drug-likeness (QED) is 0.663. The lowest BCUT2D eigenvalue weighted by Crippen LogP contribution is -2.35. The molecule has 0 bridgehead atoms. The topological polar surface area (TPSA) is 66.5 Å². The number of amides is 1. The van der Waals surface area contributed by atoms with Gasteiger partial charge in [-0.15, -0.1) is 0 Å². The van der Waals surface area contributed by atoms with Crippen molar-refractivity contribution in [3.63, 3.8) is 0 Å². The van der Waals surface area contributed by atoms with Crippen LogP contribution in [0, 0.1) is 11.6 Å². The van der Waals surface area contributed by atoms with Crippen molar-refractivity contribution in [3.8, 4) is 0 Å². The van der Waals surface area contributed by atoms with Gasteiger partial charge in [-0.1, -0.05) is 30.3 Å². The number of carbonyl (C=O) groups is 1. The number of rotatable bonds is 9. The van der Waals surface area contributed by atoms with E-state index in [0.29, 0.717) is 12.6 Å². The molecule has 0 unspecified atom stereocenters. The third kappa shape index (κ3) is 6.63. The summed E-state index contributed by atoms with van der Waals surface area (Å²) in [6.07, 6.45) is 2.35. The molecule has 5 nitrogen and oxygen atoms in total. The molecule has 0 fully saturated rings. The summed E-state index contributed by atoms with van der Waals surface area (Å²) in [5, 5.41) is 2.72. The summed E-state index contributed by atoms with van der Waals surface area (Å²) < 4.78 is 51.6. The van der Waals surface area contributed by atoms with E-state index >= 15 is 0 Å². The van der Waals surface area contributed by atoms with Crippen LogP contribution in [-0.4, -0.2) is 33.7 Å². The van der Waals surface area contributed by atoms with E-state index in [0.717, 1.165) is 35.5 Å². The van der Waals surface area contributed by atoms with Crippen molar-refractivity contribution in [2.75, 3.05) is 23.7 Å². The van der Waals surface area contributed by atoms with Gasteiger partial charge in [0.05, 0.1) is 11.9 Å². The monoisotopic (exact) mass is 396 g/mol. The third-order valence-corrected chi connectivity index (χ3v) is 5.11. The molecular formula is C19H22F2N2O3S. The normalized spacial score (nSPS) is 11.2. The van der Waals surface area contributed by atoms with Crippen LogP contribution in [0.15, 0.2) is 48.5 Å². The minimum atomic E-state index is -3.82. The van der Waals surface area contributed by atoms with Gasteiger partial charge in [-0.3, -0.25) is 9.10 Å². The number of carbonyl (C=O) groups excluding carboxylic acids is 1. The second-order valence-electron chi connectivity index (χ2n) is 6.12. The standard InChI is InChI=1S/C19H22F2N2O3S/c1-27(25,26)23(18-10-9-16(20)14-17(18)21)13-11-19(24)22-12-5-8-15-6-3-2-4-7-15/h2-4,6-7,9-10,14H,5,8,11-13H2,1H3,(H,22,24). The molecule has 8 heteroatoms. The molecule has 146 valence electrons. The summed E-state index contributed by atoms with van der Waals surface area (Å²) in [4.78, 5) is 12.0. The van der Waals surface area contributed by atoms with Crippen LogP contribution in [0.4, 0.5) is 14.5 Å². The SMILES string of the molecule is CS(=O)(=O)N(CCC(=O)NCCCc1ccccc1)c1ccc(F)cc1F. The average Bonchev–Trinajstić information content (AvgIpc) is 2.60. The fourth-order valence-corrected chi connectivity index (χ4v) is 3.53. The zero-order valence-corrected chi connectivity index (χ0v) is 15.8. The Labute approximate surface area is 158 Å². The van der Waals surface area contributed by atoms with Crippen LogP contribution in [0.25, 0.3) is 0 Å². The summed E-state index contributed by atoms with van der Waals surface area (Å²) in [7, 11) is -3.82. The van der Waals surface area contributed by atoms with Crippen molar-refractivity contribution in [2.45, 2.75) is 19.3 Å². The molecule has 2 aromatic rings. The maximum Gasteiger partial charge on any atom is 0.232 e. The van der Waals surface area contributed by atoms with Crippen LogP contribution in [-0.2, 0) is 21.2 Å². The first-order chi connectivity index (χ1) is 12.8. The highest BCUT2D eigenvalue weighted by molar-refractivity contribution is 7.92. The molecule has 0 aromatic heterocycles. The second-order valence-corrected chi connectivity index (χ2v) is 8.03. The van der Waals surface area contributed by atoms with Crippen molar-refractivity contribution in [3.05, 3.63) is 65.7 Å². The van der Waals surface area contributed by atoms with E-state index in [1.165, 1.54) is 5.56 Å². The number of halogens is 2. The fourth-order valence-electron chi connectivity index (χ4n) is 2.60. The molecule has 0 atom stereocenters. The molecule has 0 aliphatic heterocycles. The molecule has 0 radical (unpaired) electrons. The Morgan fingerprint density at radius 2 is 1.81 bits per heavy atom. The third-order valence-electron chi connectivity index (χ3n) is 3.93.